The van der Waals surface area contributed by atoms with Crippen LogP contribution in [0.25, 0.3) is 0 Å². The van der Waals surface area contributed by atoms with E-state index in [0.29, 0.717) is 6.54 Å². The van der Waals surface area contributed by atoms with Crippen molar-refractivity contribution in [3.8, 4) is 0 Å². The molecule has 1 aromatic rings. The molecule has 2 rings (SSSR count). The molecule has 2 atom stereocenters. The summed E-state index contributed by atoms with van der Waals surface area (Å²) in [6.45, 7) is 6.13. The first-order valence-corrected chi connectivity index (χ1v) is 7.08. The van der Waals surface area contributed by atoms with Crippen LogP contribution in [0.1, 0.15) is 38.7 Å². The monoisotopic (exact) mass is 277 g/mol. The molecule has 1 amide bonds. The summed E-state index contributed by atoms with van der Waals surface area (Å²) in [5.74, 6) is 0.175. The highest BCUT2D eigenvalue weighted by atomic mass is 16.6. The van der Waals surface area contributed by atoms with Crippen LogP contribution < -0.4 is 0 Å². The number of carbonyl (C=O) groups excluding carboxylic acids is 1. The van der Waals surface area contributed by atoms with Gasteiger partial charge in [-0.15, -0.1) is 0 Å². The molecule has 1 aliphatic heterocycles. The van der Waals surface area contributed by atoms with Crippen LogP contribution in [0, 0.1) is 0 Å². The normalized spacial score (nSPS) is 22.9. The summed E-state index contributed by atoms with van der Waals surface area (Å²) in [7, 11) is 0. The molecule has 1 aromatic carbocycles. The van der Waals surface area contributed by atoms with Crippen LogP contribution in [-0.2, 0) is 4.74 Å². The van der Waals surface area contributed by atoms with Gasteiger partial charge in [0.2, 0.25) is 0 Å². The van der Waals surface area contributed by atoms with Gasteiger partial charge >= 0.3 is 6.09 Å². The van der Waals surface area contributed by atoms with Gasteiger partial charge in [0, 0.05) is 12.5 Å². The fourth-order valence-electron chi connectivity index (χ4n) is 2.72. The average Bonchev–Trinajstić information content (AvgIpc) is 2.81. The van der Waals surface area contributed by atoms with Crippen molar-refractivity contribution in [3.05, 3.63) is 35.9 Å². The summed E-state index contributed by atoms with van der Waals surface area (Å²) >= 11 is 0. The summed E-state index contributed by atoms with van der Waals surface area (Å²) in [5.41, 5.74) is 0.652. The number of carbonyl (C=O) groups is 1. The maximum absolute atomic E-state index is 12.2. The van der Waals surface area contributed by atoms with E-state index in [0.717, 1.165) is 12.0 Å². The van der Waals surface area contributed by atoms with E-state index in [1.54, 1.807) is 4.90 Å². The van der Waals surface area contributed by atoms with Gasteiger partial charge in [-0.05, 0) is 32.8 Å². The van der Waals surface area contributed by atoms with Crippen molar-refractivity contribution >= 4 is 6.09 Å². The Balaban J connectivity index is 2.12. The van der Waals surface area contributed by atoms with Crippen molar-refractivity contribution in [2.24, 2.45) is 0 Å². The van der Waals surface area contributed by atoms with E-state index >= 15 is 0 Å². The minimum atomic E-state index is -0.512. The lowest BCUT2D eigenvalue weighted by Crippen LogP contribution is -2.42. The van der Waals surface area contributed by atoms with Crippen molar-refractivity contribution in [1.82, 2.24) is 4.90 Å². The van der Waals surface area contributed by atoms with Crippen LogP contribution in [0.2, 0.25) is 0 Å². The number of ether oxygens (including phenoxy) is 1. The molecular formula is C16H23NO3. The predicted octanol–water partition coefficient (Wildman–Crippen LogP) is 2.77. The lowest BCUT2D eigenvalue weighted by molar-refractivity contribution is 0.0165. The summed E-state index contributed by atoms with van der Waals surface area (Å²) in [6, 6.07) is 9.84. The molecule has 0 saturated carbocycles. The molecule has 0 bridgehead atoms. The number of likely N-dealkylation sites (tertiary alicyclic amines) is 1. The highest BCUT2D eigenvalue weighted by Gasteiger charge is 2.39. The van der Waals surface area contributed by atoms with E-state index in [-0.39, 0.29) is 24.7 Å². The number of hydrogen-bond donors (Lipinski definition) is 1. The van der Waals surface area contributed by atoms with Crippen molar-refractivity contribution in [2.45, 2.75) is 44.8 Å². The molecule has 1 aliphatic rings. The Hall–Kier alpha value is -1.55. The van der Waals surface area contributed by atoms with E-state index in [1.165, 1.54) is 0 Å². The number of benzene rings is 1. The number of aliphatic hydroxyl groups excluding tert-OH is 1. The molecule has 1 N–H and O–H groups in total. The Morgan fingerprint density at radius 1 is 1.35 bits per heavy atom. The number of nitrogens with zero attached hydrogens (tertiary/aromatic N) is 1. The Morgan fingerprint density at radius 3 is 2.55 bits per heavy atom. The lowest BCUT2D eigenvalue weighted by atomic mass is 9.92. The molecule has 0 radical (unpaired) electrons. The molecule has 4 heteroatoms. The number of amides is 1. The minimum absolute atomic E-state index is 0.0429. The van der Waals surface area contributed by atoms with Gasteiger partial charge in [0.15, 0.2) is 0 Å². The van der Waals surface area contributed by atoms with Gasteiger partial charge < -0.3 is 14.7 Å². The third-order valence-corrected chi connectivity index (χ3v) is 3.59. The van der Waals surface area contributed by atoms with E-state index in [9.17, 15) is 9.90 Å². The smallest absolute Gasteiger partial charge is 0.410 e. The zero-order valence-electron chi connectivity index (χ0n) is 12.4. The second-order valence-electron chi connectivity index (χ2n) is 6.23. The van der Waals surface area contributed by atoms with Crippen LogP contribution in [0.4, 0.5) is 4.79 Å². The molecule has 1 fully saturated rings. The number of hydrogen-bond acceptors (Lipinski definition) is 3. The van der Waals surface area contributed by atoms with Gasteiger partial charge in [-0.25, -0.2) is 4.79 Å². The van der Waals surface area contributed by atoms with Crippen molar-refractivity contribution < 1.29 is 14.6 Å². The molecule has 2 unspecified atom stereocenters. The number of aliphatic hydroxyl groups is 1. The first-order chi connectivity index (χ1) is 9.42. The Kier molecular flexibility index (Phi) is 4.33. The Labute approximate surface area is 120 Å². The second-order valence-corrected chi connectivity index (χ2v) is 6.23. The summed E-state index contributed by atoms with van der Waals surface area (Å²) in [4.78, 5) is 13.9. The maximum Gasteiger partial charge on any atom is 0.410 e. The molecule has 0 aliphatic carbocycles. The van der Waals surface area contributed by atoms with E-state index < -0.39 is 5.60 Å². The highest BCUT2D eigenvalue weighted by Crippen LogP contribution is 2.34. The Morgan fingerprint density at radius 2 is 2.00 bits per heavy atom. The lowest BCUT2D eigenvalue weighted by Gasteiger charge is -2.29. The van der Waals surface area contributed by atoms with Crippen LogP contribution in [-0.4, -0.2) is 40.9 Å². The van der Waals surface area contributed by atoms with Crippen molar-refractivity contribution in [2.75, 3.05) is 13.2 Å². The van der Waals surface area contributed by atoms with Crippen molar-refractivity contribution in [1.29, 1.82) is 0 Å². The summed E-state index contributed by atoms with van der Waals surface area (Å²) in [5, 5.41) is 9.67. The van der Waals surface area contributed by atoms with E-state index in [4.69, 9.17) is 4.74 Å². The molecule has 1 saturated heterocycles. The molecule has 0 aromatic heterocycles. The highest BCUT2D eigenvalue weighted by molar-refractivity contribution is 5.69. The zero-order valence-corrected chi connectivity index (χ0v) is 12.4. The fourth-order valence-corrected chi connectivity index (χ4v) is 2.72. The SMILES string of the molecule is CC(C)(C)OC(=O)N1CCC(c2ccccc2)C1CO. The standard InChI is InChI=1S/C16H23NO3/c1-16(2,3)20-15(19)17-10-9-13(14(17)11-18)12-7-5-4-6-8-12/h4-8,13-14,18H,9-11H2,1-3H3. The topological polar surface area (TPSA) is 49.8 Å². The van der Waals surface area contributed by atoms with Crippen molar-refractivity contribution in [3.63, 3.8) is 0 Å². The summed E-state index contributed by atoms with van der Waals surface area (Å²) < 4.78 is 5.41. The third kappa shape index (κ3) is 3.31. The van der Waals surface area contributed by atoms with Crippen LogP contribution >= 0.6 is 0 Å². The van der Waals surface area contributed by atoms with Gasteiger partial charge in [-0.2, -0.15) is 0 Å². The largest absolute Gasteiger partial charge is 0.444 e. The van der Waals surface area contributed by atoms with Crippen LogP contribution in [0.5, 0.6) is 0 Å². The molecule has 20 heavy (non-hydrogen) atoms. The quantitative estimate of drug-likeness (QED) is 0.904. The predicted molar refractivity (Wildman–Crippen MR) is 77.6 cm³/mol. The molecule has 110 valence electrons. The van der Waals surface area contributed by atoms with Crippen LogP contribution in [0.3, 0.4) is 0 Å². The first kappa shape index (κ1) is 14.9. The van der Waals surface area contributed by atoms with Gasteiger partial charge in [0.05, 0.1) is 12.6 Å². The summed E-state index contributed by atoms with van der Waals surface area (Å²) in [6.07, 6.45) is 0.518. The van der Waals surface area contributed by atoms with Crippen LogP contribution in [0.15, 0.2) is 30.3 Å². The van der Waals surface area contributed by atoms with E-state index in [1.807, 2.05) is 51.1 Å². The maximum atomic E-state index is 12.2. The van der Waals surface area contributed by atoms with Gasteiger partial charge in [-0.3, -0.25) is 0 Å². The molecule has 1 heterocycles. The van der Waals surface area contributed by atoms with E-state index in [2.05, 4.69) is 0 Å². The van der Waals surface area contributed by atoms with Gasteiger partial charge in [0.1, 0.15) is 5.60 Å². The minimum Gasteiger partial charge on any atom is -0.444 e. The fraction of sp³-hybridized carbons (Fsp3) is 0.562. The molecule has 4 nitrogen and oxygen atoms in total. The van der Waals surface area contributed by atoms with Gasteiger partial charge in [-0.1, -0.05) is 30.3 Å². The number of rotatable bonds is 2. The molecule has 0 spiro atoms. The second kappa shape index (κ2) is 5.83. The third-order valence-electron chi connectivity index (χ3n) is 3.59. The zero-order chi connectivity index (χ0) is 14.8. The molecular weight excluding hydrogens is 254 g/mol. The van der Waals surface area contributed by atoms with Gasteiger partial charge in [0.25, 0.3) is 0 Å². The Bertz CT molecular complexity index is 453. The first-order valence-electron chi connectivity index (χ1n) is 7.08. The average molecular weight is 277 g/mol.